The summed E-state index contributed by atoms with van der Waals surface area (Å²) < 4.78 is 5.62. The normalized spacial score (nSPS) is 12.0. The fourth-order valence-electron chi connectivity index (χ4n) is 1.65. The van der Waals surface area contributed by atoms with Crippen molar-refractivity contribution in [3.8, 4) is 5.75 Å². The molecule has 1 aromatic carbocycles. The van der Waals surface area contributed by atoms with Gasteiger partial charge >= 0.3 is 5.97 Å². The second-order valence-electron chi connectivity index (χ2n) is 5.12. The van der Waals surface area contributed by atoms with Crippen LogP contribution in [-0.4, -0.2) is 18.7 Å². The van der Waals surface area contributed by atoms with Crippen molar-refractivity contribution in [2.75, 3.05) is 6.61 Å². The summed E-state index contributed by atoms with van der Waals surface area (Å²) in [5.41, 5.74) is 0.455. The van der Waals surface area contributed by atoms with Gasteiger partial charge in [-0.05, 0) is 44.0 Å². The Morgan fingerprint density at radius 2 is 1.81 bits per heavy atom. The van der Waals surface area contributed by atoms with Crippen LogP contribution in [0.2, 0.25) is 0 Å². The maximum Gasteiger partial charge on any atom is 0.373 e. The van der Waals surface area contributed by atoms with Crippen LogP contribution in [-0.2, 0) is 9.78 Å². The van der Waals surface area contributed by atoms with Gasteiger partial charge in [0.25, 0.3) is 0 Å². The Morgan fingerprint density at radius 3 is 2.43 bits per heavy atom. The zero-order chi connectivity index (χ0) is 15.5. The van der Waals surface area contributed by atoms with E-state index in [9.17, 15) is 4.79 Å². The van der Waals surface area contributed by atoms with E-state index >= 15 is 0 Å². The summed E-state index contributed by atoms with van der Waals surface area (Å²) in [4.78, 5) is 21.4. The van der Waals surface area contributed by atoms with Crippen LogP contribution in [0.25, 0.3) is 0 Å². The third-order valence-corrected chi connectivity index (χ3v) is 3.22. The number of carbonyl (C=O) groups excluding carboxylic acids is 1. The number of carbonyl (C=O) groups is 1. The largest absolute Gasteiger partial charge is 0.494 e. The van der Waals surface area contributed by atoms with Crippen LogP contribution in [0.3, 0.4) is 0 Å². The Morgan fingerprint density at radius 1 is 1.10 bits per heavy atom. The minimum atomic E-state index is -0.482. The third-order valence-electron chi connectivity index (χ3n) is 3.22. The number of rotatable bonds is 10. The van der Waals surface area contributed by atoms with Crippen molar-refractivity contribution < 1.29 is 19.3 Å². The minimum Gasteiger partial charge on any atom is -0.494 e. The molecule has 4 heteroatoms. The van der Waals surface area contributed by atoms with Crippen LogP contribution in [0.4, 0.5) is 0 Å². The van der Waals surface area contributed by atoms with E-state index in [0.717, 1.165) is 18.6 Å². The average molecular weight is 294 g/mol. The lowest BCUT2D eigenvalue weighted by molar-refractivity contribution is -0.270. The maximum absolute atomic E-state index is 11.7. The van der Waals surface area contributed by atoms with Gasteiger partial charge in [0.15, 0.2) is 0 Å². The number of ether oxygens (including phenoxy) is 1. The molecule has 0 bridgehead atoms. The van der Waals surface area contributed by atoms with Crippen LogP contribution in [0.5, 0.6) is 5.75 Å². The Labute approximate surface area is 127 Å². The molecule has 0 heterocycles. The number of benzene rings is 1. The summed E-state index contributed by atoms with van der Waals surface area (Å²) in [5, 5.41) is 0. The van der Waals surface area contributed by atoms with Gasteiger partial charge < -0.3 is 4.74 Å². The number of hydrogen-bond donors (Lipinski definition) is 0. The van der Waals surface area contributed by atoms with Crippen LogP contribution < -0.4 is 4.74 Å². The van der Waals surface area contributed by atoms with E-state index in [4.69, 9.17) is 14.5 Å². The van der Waals surface area contributed by atoms with Crippen molar-refractivity contribution >= 4 is 5.97 Å². The van der Waals surface area contributed by atoms with E-state index in [1.54, 1.807) is 24.3 Å². The summed E-state index contributed by atoms with van der Waals surface area (Å²) in [6.07, 6.45) is 5.39. The lowest BCUT2D eigenvalue weighted by atomic mass is 10.2. The molecule has 0 spiro atoms. The monoisotopic (exact) mass is 294 g/mol. The van der Waals surface area contributed by atoms with Gasteiger partial charge in [0.1, 0.15) is 11.9 Å². The second kappa shape index (κ2) is 10.2. The lowest BCUT2D eigenvalue weighted by Gasteiger charge is -2.09. The Bertz CT molecular complexity index is 400. The molecule has 1 atom stereocenters. The molecule has 21 heavy (non-hydrogen) atoms. The van der Waals surface area contributed by atoms with E-state index in [0.29, 0.717) is 12.2 Å². The average Bonchev–Trinajstić information content (AvgIpc) is 2.52. The van der Waals surface area contributed by atoms with E-state index in [1.165, 1.54) is 19.3 Å². The van der Waals surface area contributed by atoms with Gasteiger partial charge in [0.05, 0.1) is 12.2 Å². The van der Waals surface area contributed by atoms with Crippen molar-refractivity contribution in [3.63, 3.8) is 0 Å². The van der Waals surface area contributed by atoms with Gasteiger partial charge in [-0.15, -0.1) is 0 Å². The highest BCUT2D eigenvalue weighted by Crippen LogP contribution is 2.14. The molecular weight excluding hydrogens is 268 g/mol. The van der Waals surface area contributed by atoms with Gasteiger partial charge in [0, 0.05) is 0 Å². The quantitative estimate of drug-likeness (QED) is 0.361. The summed E-state index contributed by atoms with van der Waals surface area (Å²) >= 11 is 0. The van der Waals surface area contributed by atoms with E-state index < -0.39 is 5.97 Å². The molecule has 0 amide bonds. The molecule has 0 N–H and O–H groups in total. The van der Waals surface area contributed by atoms with E-state index in [2.05, 4.69) is 6.92 Å². The maximum atomic E-state index is 11.7. The molecule has 0 radical (unpaired) electrons. The Balaban J connectivity index is 2.34. The predicted molar refractivity (Wildman–Crippen MR) is 82.3 cm³/mol. The van der Waals surface area contributed by atoms with E-state index in [-0.39, 0.29) is 6.10 Å². The van der Waals surface area contributed by atoms with Crippen molar-refractivity contribution in [1.29, 1.82) is 0 Å². The van der Waals surface area contributed by atoms with Gasteiger partial charge in [-0.25, -0.2) is 4.79 Å². The highest BCUT2D eigenvalue weighted by molar-refractivity contribution is 5.89. The zero-order valence-corrected chi connectivity index (χ0v) is 13.3. The molecule has 4 nitrogen and oxygen atoms in total. The highest BCUT2D eigenvalue weighted by Gasteiger charge is 2.10. The van der Waals surface area contributed by atoms with Crippen molar-refractivity contribution in [1.82, 2.24) is 0 Å². The summed E-state index contributed by atoms with van der Waals surface area (Å²) in [6.45, 7) is 6.71. The Hall–Kier alpha value is -1.55. The van der Waals surface area contributed by atoms with Crippen LogP contribution in [0.15, 0.2) is 24.3 Å². The predicted octanol–water partition coefficient (Wildman–Crippen LogP) is 4.53. The highest BCUT2D eigenvalue weighted by atomic mass is 17.2. The topological polar surface area (TPSA) is 44.8 Å². The summed E-state index contributed by atoms with van der Waals surface area (Å²) in [7, 11) is 0. The molecule has 0 aliphatic rings. The van der Waals surface area contributed by atoms with Gasteiger partial charge in [-0.1, -0.05) is 33.1 Å². The van der Waals surface area contributed by atoms with E-state index in [1.807, 2.05) is 13.8 Å². The molecule has 0 aliphatic carbocycles. The molecule has 1 rings (SSSR count). The Kier molecular flexibility index (Phi) is 8.51. The summed E-state index contributed by atoms with van der Waals surface area (Å²) in [6, 6.07) is 6.92. The SMILES string of the molecule is CCCCCCOc1ccc(C(=O)OOC(C)CC)cc1. The van der Waals surface area contributed by atoms with Crippen molar-refractivity contribution in [2.45, 2.75) is 59.0 Å². The van der Waals surface area contributed by atoms with Crippen molar-refractivity contribution in [2.24, 2.45) is 0 Å². The van der Waals surface area contributed by atoms with Gasteiger partial charge in [0.2, 0.25) is 0 Å². The molecular formula is C17H26O4. The molecule has 0 aliphatic heterocycles. The second-order valence-corrected chi connectivity index (χ2v) is 5.12. The summed E-state index contributed by atoms with van der Waals surface area (Å²) in [5.74, 6) is 0.288. The molecule has 0 fully saturated rings. The minimum absolute atomic E-state index is 0.0975. The van der Waals surface area contributed by atoms with Crippen molar-refractivity contribution in [3.05, 3.63) is 29.8 Å². The van der Waals surface area contributed by atoms with Crippen LogP contribution in [0, 0.1) is 0 Å². The fourth-order valence-corrected chi connectivity index (χ4v) is 1.65. The molecule has 0 saturated heterocycles. The standard InChI is InChI=1S/C17H26O4/c1-4-6-7-8-13-19-16-11-9-15(10-12-16)17(18)21-20-14(3)5-2/h9-12,14H,4-8,13H2,1-3H3. The lowest BCUT2D eigenvalue weighted by Crippen LogP contribution is -2.12. The number of unbranched alkanes of at least 4 members (excludes halogenated alkanes) is 3. The van der Waals surface area contributed by atoms with Crippen LogP contribution >= 0.6 is 0 Å². The van der Waals surface area contributed by atoms with Crippen LogP contribution in [0.1, 0.15) is 63.2 Å². The molecule has 1 aromatic rings. The third kappa shape index (κ3) is 7.14. The molecule has 1 unspecified atom stereocenters. The number of hydrogen-bond acceptors (Lipinski definition) is 4. The molecule has 0 saturated carbocycles. The zero-order valence-electron chi connectivity index (χ0n) is 13.3. The first-order valence-electron chi connectivity index (χ1n) is 7.77. The van der Waals surface area contributed by atoms with Gasteiger partial charge in [-0.3, -0.25) is 4.89 Å². The smallest absolute Gasteiger partial charge is 0.373 e. The van der Waals surface area contributed by atoms with Gasteiger partial charge in [-0.2, -0.15) is 4.89 Å². The molecule has 118 valence electrons. The fraction of sp³-hybridized carbons (Fsp3) is 0.588. The molecule has 0 aromatic heterocycles. The first kappa shape index (κ1) is 17.5. The first-order valence-corrected chi connectivity index (χ1v) is 7.77. The first-order chi connectivity index (χ1) is 10.2.